The van der Waals surface area contributed by atoms with Crippen LogP contribution in [0.2, 0.25) is 0 Å². The van der Waals surface area contributed by atoms with Gasteiger partial charge in [-0.2, -0.15) is 0 Å². The van der Waals surface area contributed by atoms with Gasteiger partial charge in [-0.05, 0) is 56.0 Å². The Labute approximate surface area is 127 Å². The van der Waals surface area contributed by atoms with Crippen LogP contribution in [0.4, 0.5) is 5.69 Å². The van der Waals surface area contributed by atoms with Crippen LogP contribution in [-0.2, 0) is 4.79 Å². The predicted molar refractivity (Wildman–Crippen MR) is 85.4 cm³/mol. The highest BCUT2D eigenvalue weighted by Gasteiger charge is 2.13. The maximum absolute atomic E-state index is 11.6. The van der Waals surface area contributed by atoms with Gasteiger partial charge in [0, 0.05) is 12.1 Å². The number of carbonyl (C=O) groups excluding carboxylic acids is 1. The maximum atomic E-state index is 11.6. The summed E-state index contributed by atoms with van der Waals surface area (Å²) in [6, 6.07) is 7.61. The molecule has 21 heavy (non-hydrogen) atoms. The third-order valence-electron chi connectivity index (χ3n) is 3.96. The van der Waals surface area contributed by atoms with Crippen molar-refractivity contribution in [3.05, 3.63) is 24.3 Å². The van der Waals surface area contributed by atoms with Crippen molar-refractivity contribution in [2.45, 2.75) is 44.9 Å². The Morgan fingerprint density at radius 2 is 1.90 bits per heavy atom. The van der Waals surface area contributed by atoms with Gasteiger partial charge in [-0.15, -0.1) is 0 Å². The SMILES string of the molecule is NCCCC(=O)Nc1ccc(OCC2CCCCC2)cc1. The summed E-state index contributed by atoms with van der Waals surface area (Å²) in [6.07, 6.45) is 7.80. The zero-order chi connectivity index (χ0) is 14.9. The maximum Gasteiger partial charge on any atom is 0.224 e. The summed E-state index contributed by atoms with van der Waals surface area (Å²) >= 11 is 0. The minimum Gasteiger partial charge on any atom is -0.493 e. The Balaban J connectivity index is 1.74. The Kier molecular flexibility index (Phi) is 6.54. The van der Waals surface area contributed by atoms with E-state index in [2.05, 4.69) is 5.32 Å². The summed E-state index contributed by atoms with van der Waals surface area (Å²) in [7, 11) is 0. The van der Waals surface area contributed by atoms with Crippen LogP contribution in [0.5, 0.6) is 5.75 Å². The summed E-state index contributed by atoms with van der Waals surface area (Å²) < 4.78 is 5.84. The highest BCUT2D eigenvalue weighted by Crippen LogP contribution is 2.25. The molecule has 1 aliphatic rings. The first kappa shape index (κ1) is 15.8. The van der Waals surface area contributed by atoms with Gasteiger partial charge in [0.05, 0.1) is 6.61 Å². The average molecular weight is 290 g/mol. The lowest BCUT2D eigenvalue weighted by Gasteiger charge is -2.21. The second-order valence-corrected chi connectivity index (χ2v) is 5.78. The number of amides is 1. The van der Waals surface area contributed by atoms with Crippen molar-refractivity contribution in [2.24, 2.45) is 11.7 Å². The number of rotatable bonds is 7. The molecule has 116 valence electrons. The zero-order valence-electron chi connectivity index (χ0n) is 12.6. The van der Waals surface area contributed by atoms with E-state index in [1.807, 2.05) is 24.3 Å². The van der Waals surface area contributed by atoms with E-state index in [9.17, 15) is 4.79 Å². The Hall–Kier alpha value is -1.55. The molecule has 1 saturated carbocycles. The molecule has 4 nitrogen and oxygen atoms in total. The van der Waals surface area contributed by atoms with Crippen molar-refractivity contribution in [3.63, 3.8) is 0 Å². The molecule has 0 spiro atoms. The molecule has 0 atom stereocenters. The molecule has 0 unspecified atom stereocenters. The smallest absolute Gasteiger partial charge is 0.224 e. The van der Waals surface area contributed by atoms with E-state index in [0.717, 1.165) is 18.0 Å². The number of hydrogen-bond donors (Lipinski definition) is 2. The highest BCUT2D eigenvalue weighted by molar-refractivity contribution is 5.90. The molecule has 1 aliphatic carbocycles. The molecule has 2 rings (SSSR count). The molecule has 1 amide bonds. The number of ether oxygens (including phenoxy) is 1. The van der Waals surface area contributed by atoms with Gasteiger partial charge in [-0.3, -0.25) is 4.79 Å². The predicted octanol–water partition coefficient (Wildman–Crippen LogP) is 3.32. The fraction of sp³-hybridized carbons (Fsp3) is 0.588. The highest BCUT2D eigenvalue weighted by atomic mass is 16.5. The van der Waals surface area contributed by atoms with Gasteiger partial charge in [0.1, 0.15) is 5.75 Å². The fourth-order valence-corrected chi connectivity index (χ4v) is 2.69. The van der Waals surface area contributed by atoms with Gasteiger partial charge in [-0.25, -0.2) is 0 Å². The number of benzene rings is 1. The van der Waals surface area contributed by atoms with Crippen molar-refractivity contribution in [1.29, 1.82) is 0 Å². The van der Waals surface area contributed by atoms with E-state index in [4.69, 9.17) is 10.5 Å². The summed E-state index contributed by atoms with van der Waals surface area (Å²) in [5, 5.41) is 2.86. The first-order valence-electron chi connectivity index (χ1n) is 8.00. The van der Waals surface area contributed by atoms with Crippen LogP contribution >= 0.6 is 0 Å². The molecule has 1 aromatic carbocycles. The molecule has 4 heteroatoms. The Morgan fingerprint density at radius 3 is 2.57 bits per heavy atom. The van der Waals surface area contributed by atoms with E-state index in [1.54, 1.807) is 0 Å². The molecule has 0 aliphatic heterocycles. The molecule has 3 N–H and O–H groups in total. The lowest BCUT2D eigenvalue weighted by Crippen LogP contribution is -2.15. The van der Waals surface area contributed by atoms with Crippen molar-refractivity contribution < 1.29 is 9.53 Å². The quantitative estimate of drug-likeness (QED) is 0.809. The number of carbonyl (C=O) groups is 1. The lowest BCUT2D eigenvalue weighted by atomic mass is 9.90. The van der Waals surface area contributed by atoms with E-state index in [1.165, 1.54) is 32.1 Å². The minimum absolute atomic E-state index is 0.0105. The van der Waals surface area contributed by atoms with Gasteiger partial charge >= 0.3 is 0 Å². The summed E-state index contributed by atoms with van der Waals surface area (Å²) in [4.78, 5) is 11.6. The third-order valence-corrected chi connectivity index (χ3v) is 3.96. The molecule has 0 aromatic heterocycles. The molecule has 1 fully saturated rings. The number of nitrogens with one attached hydrogen (secondary N) is 1. The van der Waals surface area contributed by atoms with E-state index >= 15 is 0 Å². The molecule has 0 radical (unpaired) electrons. The molecule has 0 bridgehead atoms. The monoisotopic (exact) mass is 290 g/mol. The molecule has 1 aromatic rings. The number of hydrogen-bond acceptors (Lipinski definition) is 3. The summed E-state index contributed by atoms with van der Waals surface area (Å²) in [5.74, 6) is 1.59. The second-order valence-electron chi connectivity index (χ2n) is 5.78. The van der Waals surface area contributed by atoms with Crippen LogP contribution in [0.3, 0.4) is 0 Å². The van der Waals surface area contributed by atoms with Crippen LogP contribution in [0.1, 0.15) is 44.9 Å². The van der Waals surface area contributed by atoms with Crippen LogP contribution < -0.4 is 15.8 Å². The fourth-order valence-electron chi connectivity index (χ4n) is 2.69. The topological polar surface area (TPSA) is 64.4 Å². The van der Waals surface area contributed by atoms with Gasteiger partial charge < -0.3 is 15.8 Å². The van der Waals surface area contributed by atoms with Crippen molar-refractivity contribution in [3.8, 4) is 5.75 Å². The third kappa shape index (κ3) is 5.76. The first-order chi connectivity index (χ1) is 10.3. The molecule has 0 heterocycles. The Morgan fingerprint density at radius 1 is 1.19 bits per heavy atom. The summed E-state index contributed by atoms with van der Waals surface area (Å²) in [5.41, 5.74) is 6.20. The lowest BCUT2D eigenvalue weighted by molar-refractivity contribution is -0.116. The number of anilines is 1. The van der Waals surface area contributed by atoms with Crippen LogP contribution in [0.25, 0.3) is 0 Å². The Bertz CT molecular complexity index is 425. The molecule has 0 saturated heterocycles. The zero-order valence-corrected chi connectivity index (χ0v) is 12.6. The molecular formula is C17H26N2O2. The van der Waals surface area contributed by atoms with E-state index in [0.29, 0.717) is 25.3 Å². The largest absolute Gasteiger partial charge is 0.493 e. The van der Waals surface area contributed by atoms with E-state index in [-0.39, 0.29) is 5.91 Å². The van der Waals surface area contributed by atoms with Crippen molar-refractivity contribution >= 4 is 11.6 Å². The number of nitrogens with two attached hydrogens (primary N) is 1. The van der Waals surface area contributed by atoms with Crippen LogP contribution in [-0.4, -0.2) is 19.1 Å². The van der Waals surface area contributed by atoms with Gasteiger partial charge in [0.15, 0.2) is 0 Å². The van der Waals surface area contributed by atoms with Gasteiger partial charge in [-0.1, -0.05) is 19.3 Å². The van der Waals surface area contributed by atoms with Crippen molar-refractivity contribution in [2.75, 3.05) is 18.5 Å². The average Bonchev–Trinajstić information content (AvgIpc) is 2.53. The van der Waals surface area contributed by atoms with E-state index < -0.39 is 0 Å². The van der Waals surface area contributed by atoms with Crippen LogP contribution in [0.15, 0.2) is 24.3 Å². The standard InChI is InChI=1S/C17H26N2O2/c18-12-4-7-17(20)19-15-8-10-16(11-9-15)21-13-14-5-2-1-3-6-14/h8-11,14H,1-7,12-13,18H2,(H,19,20). The minimum atomic E-state index is 0.0105. The summed E-state index contributed by atoms with van der Waals surface area (Å²) in [6.45, 7) is 1.35. The second kappa shape index (κ2) is 8.67. The first-order valence-corrected chi connectivity index (χ1v) is 8.00. The van der Waals surface area contributed by atoms with Crippen molar-refractivity contribution in [1.82, 2.24) is 0 Å². The van der Waals surface area contributed by atoms with Gasteiger partial charge in [0.25, 0.3) is 0 Å². The normalized spacial score (nSPS) is 15.7. The molecular weight excluding hydrogens is 264 g/mol. The van der Waals surface area contributed by atoms with Crippen LogP contribution in [0, 0.1) is 5.92 Å². The van der Waals surface area contributed by atoms with Gasteiger partial charge in [0.2, 0.25) is 5.91 Å².